The number of nitrogens with one attached hydrogen (secondary N) is 2. The highest BCUT2D eigenvalue weighted by molar-refractivity contribution is 5.95. The van der Waals surface area contributed by atoms with E-state index >= 15 is 0 Å². The Labute approximate surface area is 281 Å². The maximum absolute atomic E-state index is 13.4. The first kappa shape index (κ1) is 34.5. The van der Waals surface area contributed by atoms with Crippen molar-refractivity contribution in [2.24, 2.45) is 17.8 Å². The van der Waals surface area contributed by atoms with E-state index in [2.05, 4.69) is 30.2 Å². The van der Waals surface area contributed by atoms with Crippen LogP contribution in [0.2, 0.25) is 0 Å². The fourth-order valence-electron chi connectivity index (χ4n) is 6.91. The van der Waals surface area contributed by atoms with E-state index in [9.17, 15) is 33.0 Å². The van der Waals surface area contributed by atoms with Gasteiger partial charge in [-0.15, -0.1) is 13.2 Å². The number of aliphatic hydroxyl groups excluding tert-OH is 2. The second kappa shape index (κ2) is 15.1. The molecule has 262 valence electrons. The lowest BCUT2D eigenvalue weighted by Gasteiger charge is -2.34. The number of carbonyl (C=O) groups is 2. The van der Waals surface area contributed by atoms with Crippen LogP contribution in [-0.2, 0) is 9.53 Å². The van der Waals surface area contributed by atoms with Gasteiger partial charge in [-0.25, -0.2) is 9.97 Å². The van der Waals surface area contributed by atoms with Crippen LogP contribution in [0.25, 0.3) is 11.3 Å². The Morgan fingerprint density at radius 1 is 0.939 bits per heavy atom. The van der Waals surface area contributed by atoms with Crippen LogP contribution < -0.4 is 15.4 Å². The van der Waals surface area contributed by atoms with Gasteiger partial charge >= 0.3 is 6.36 Å². The third kappa shape index (κ3) is 8.65. The topological polar surface area (TPSA) is 149 Å². The number of rotatable bonds is 12. The fourth-order valence-corrected chi connectivity index (χ4v) is 6.91. The summed E-state index contributed by atoms with van der Waals surface area (Å²) in [7, 11) is 0. The molecule has 1 aliphatic heterocycles. The highest BCUT2D eigenvalue weighted by atomic mass is 19.4. The monoisotopic (exact) mass is 684 g/mol. The van der Waals surface area contributed by atoms with Crippen molar-refractivity contribution in [1.82, 2.24) is 25.1 Å². The average molecular weight is 685 g/mol. The van der Waals surface area contributed by atoms with Crippen molar-refractivity contribution in [2.45, 2.75) is 31.4 Å². The van der Waals surface area contributed by atoms with Gasteiger partial charge in [0.2, 0.25) is 5.91 Å². The zero-order valence-electron chi connectivity index (χ0n) is 26.7. The van der Waals surface area contributed by atoms with Gasteiger partial charge in [0.15, 0.2) is 0 Å². The lowest BCUT2D eigenvalue weighted by Crippen LogP contribution is -2.49. The molecule has 49 heavy (non-hydrogen) atoms. The summed E-state index contributed by atoms with van der Waals surface area (Å²) in [6, 6.07) is 14.1. The molecule has 0 spiro atoms. The quantitative estimate of drug-likeness (QED) is 0.210. The Hall–Kier alpha value is -4.31. The van der Waals surface area contributed by atoms with Crippen molar-refractivity contribution in [3.05, 3.63) is 66.5 Å². The number of nitrogens with zero attached hydrogens (tertiary/aromatic N) is 4. The predicted molar refractivity (Wildman–Crippen MR) is 172 cm³/mol. The normalized spacial score (nSPS) is 23.8. The van der Waals surface area contributed by atoms with Crippen LogP contribution in [-0.4, -0.2) is 113 Å². The molecule has 12 nitrogen and oxygen atoms in total. The van der Waals surface area contributed by atoms with Crippen LogP contribution in [0.1, 0.15) is 23.2 Å². The number of aromatic nitrogens is 2. The second-order valence-electron chi connectivity index (χ2n) is 12.6. The molecule has 0 radical (unpaired) electrons. The van der Waals surface area contributed by atoms with Crippen molar-refractivity contribution >= 4 is 23.3 Å². The lowest BCUT2D eigenvalue weighted by molar-refractivity contribution is -0.274. The molecule has 5 atom stereocenters. The zero-order chi connectivity index (χ0) is 34.5. The van der Waals surface area contributed by atoms with Crippen LogP contribution >= 0.6 is 0 Å². The minimum atomic E-state index is -4.77. The number of hydrogen-bond donors (Lipinski definition) is 4. The first-order valence-electron chi connectivity index (χ1n) is 16.3. The standard InChI is InChI=1S/C34H39F3N6O6/c35-34(36,37)49-25-6-4-24(5-7-25)41-29-19-28(39-20-40-29)21-2-1-3-22(16-21)33(47)43-11-9-42(10-12-43)13-15-48-14-8-38-32(46)27-18-23-17-26(27)31(45)30(23)44/h1-7,16,19-20,23,26-27,30-31,44-45H,8-15,17-18H2,(H,38,46)(H,39,40,41)/t23-,26+,27-,30-,31+/m0/s1. The number of amides is 2. The van der Waals surface area contributed by atoms with Crippen LogP contribution in [0.5, 0.6) is 5.75 Å². The first-order valence-corrected chi connectivity index (χ1v) is 16.3. The number of alkyl halides is 3. The highest BCUT2D eigenvalue weighted by Crippen LogP contribution is 2.48. The first-order chi connectivity index (χ1) is 23.5. The van der Waals surface area contributed by atoms with Gasteiger partial charge in [0, 0.05) is 68.1 Å². The van der Waals surface area contributed by atoms with E-state index in [4.69, 9.17) is 4.74 Å². The Morgan fingerprint density at radius 2 is 1.71 bits per heavy atom. The predicted octanol–water partition coefficient (Wildman–Crippen LogP) is 3.05. The summed E-state index contributed by atoms with van der Waals surface area (Å²) in [5.74, 6) is -0.485. The second-order valence-corrected chi connectivity index (χ2v) is 12.6. The van der Waals surface area contributed by atoms with Crippen LogP contribution in [0.3, 0.4) is 0 Å². The van der Waals surface area contributed by atoms with Gasteiger partial charge in [-0.05, 0) is 61.1 Å². The molecule has 15 heteroatoms. The van der Waals surface area contributed by atoms with E-state index in [0.29, 0.717) is 93.7 Å². The molecule has 2 saturated carbocycles. The molecule has 2 aromatic carbocycles. The number of aliphatic hydroxyl groups is 2. The van der Waals surface area contributed by atoms with Gasteiger partial charge < -0.3 is 35.2 Å². The highest BCUT2D eigenvalue weighted by Gasteiger charge is 2.53. The van der Waals surface area contributed by atoms with Crippen molar-refractivity contribution < 1.29 is 42.4 Å². The SMILES string of the molecule is O=C(NCCOCCN1CCN(C(=O)c2cccc(-c3cc(Nc4ccc(OC(F)(F)F)cc4)ncn3)c2)CC1)[C@H]1C[C@@H]2C[C@H]1[C@@H](O)[C@H]2O. The minimum Gasteiger partial charge on any atom is -0.406 e. The number of hydrogen-bond acceptors (Lipinski definition) is 10. The summed E-state index contributed by atoms with van der Waals surface area (Å²) in [6.45, 7) is 4.51. The zero-order valence-corrected chi connectivity index (χ0v) is 26.7. The van der Waals surface area contributed by atoms with Gasteiger partial charge in [0.25, 0.3) is 5.91 Å². The number of anilines is 2. The van der Waals surface area contributed by atoms with Crippen LogP contribution in [0.4, 0.5) is 24.7 Å². The van der Waals surface area contributed by atoms with Crippen molar-refractivity contribution in [3.8, 4) is 17.0 Å². The molecule has 1 aromatic heterocycles. The van der Waals surface area contributed by atoms with E-state index in [1.165, 1.54) is 30.6 Å². The third-order valence-electron chi connectivity index (χ3n) is 9.45. The summed E-state index contributed by atoms with van der Waals surface area (Å²) >= 11 is 0. The molecule has 4 N–H and O–H groups in total. The molecular formula is C34H39F3N6O6. The van der Waals surface area contributed by atoms with E-state index in [0.717, 1.165) is 0 Å². The number of carbonyl (C=O) groups excluding carboxylic acids is 2. The number of ether oxygens (including phenoxy) is 2. The summed E-state index contributed by atoms with van der Waals surface area (Å²) in [4.78, 5) is 38.5. The molecule has 2 bridgehead atoms. The van der Waals surface area contributed by atoms with Gasteiger partial charge in [0.05, 0.1) is 31.1 Å². The Bertz CT molecular complexity index is 1600. The van der Waals surface area contributed by atoms with Gasteiger partial charge in [-0.3, -0.25) is 14.5 Å². The number of benzene rings is 2. The molecule has 2 heterocycles. The maximum Gasteiger partial charge on any atom is 0.573 e. The fraction of sp³-hybridized carbons (Fsp3) is 0.471. The van der Waals surface area contributed by atoms with Gasteiger partial charge in [-0.1, -0.05) is 12.1 Å². The molecule has 6 rings (SSSR count). The molecule has 2 aliphatic carbocycles. The summed E-state index contributed by atoms with van der Waals surface area (Å²) < 4.78 is 47.0. The van der Waals surface area contributed by atoms with Crippen LogP contribution in [0, 0.1) is 17.8 Å². The average Bonchev–Trinajstić information content (AvgIpc) is 3.66. The van der Waals surface area contributed by atoms with E-state index < -0.39 is 18.6 Å². The number of halogens is 3. The van der Waals surface area contributed by atoms with E-state index in [-0.39, 0.29) is 35.3 Å². The molecule has 2 amide bonds. The molecule has 3 aromatic rings. The summed E-state index contributed by atoms with van der Waals surface area (Å²) in [5.41, 5.74) is 2.32. The summed E-state index contributed by atoms with van der Waals surface area (Å²) in [6.07, 6.45) is -3.62. The van der Waals surface area contributed by atoms with E-state index in [1.54, 1.807) is 24.3 Å². The lowest BCUT2D eigenvalue weighted by atomic mass is 9.84. The molecule has 3 fully saturated rings. The molecular weight excluding hydrogens is 645 g/mol. The van der Waals surface area contributed by atoms with E-state index in [1.807, 2.05) is 11.0 Å². The van der Waals surface area contributed by atoms with Crippen molar-refractivity contribution in [2.75, 3.05) is 57.8 Å². The maximum atomic E-state index is 13.4. The smallest absolute Gasteiger partial charge is 0.406 e. The Balaban J connectivity index is 0.917. The number of piperazine rings is 1. The Kier molecular flexibility index (Phi) is 10.6. The van der Waals surface area contributed by atoms with Crippen molar-refractivity contribution in [3.63, 3.8) is 0 Å². The molecule has 0 unspecified atom stereocenters. The van der Waals surface area contributed by atoms with Crippen LogP contribution in [0.15, 0.2) is 60.9 Å². The molecule has 1 saturated heterocycles. The van der Waals surface area contributed by atoms with Gasteiger partial charge in [-0.2, -0.15) is 0 Å². The Morgan fingerprint density at radius 3 is 2.43 bits per heavy atom. The number of fused-ring (bicyclic) bond motifs is 2. The van der Waals surface area contributed by atoms with Crippen molar-refractivity contribution in [1.29, 1.82) is 0 Å². The summed E-state index contributed by atoms with van der Waals surface area (Å²) in [5, 5.41) is 25.9. The third-order valence-corrected chi connectivity index (χ3v) is 9.45. The largest absolute Gasteiger partial charge is 0.573 e. The van der Waals surface area contributed by atoms with Gasteiger partial charge in [0.1, 0.15) is 17.9 Å². The minimum absolute atomic E-state index is 0.00528. The molecule has 3 aliphatic rings.